The van der Waals surface area contributed by atoms with Crippen LogP contribution in [0.3, 0.4) is 0 Å². The van der Waals surface area contributed by atoms with E-state index in [1.807, 2.05) is 0 Å². The molecule has 5 aliphatic carbocycles. The van der Waals surface area contributed by atoms with Crippen LogP contribution in [0.5, 0.6) is 5.75 Å². The van der Waals surface area contributed by atoms with E-state index in [9.17, 15) is 0 Å². The second kappa shape index (κ2) is 7.01. The molecule has 1 aromatic rings. The highest BCUT2D eigenvalue weighted by atomic mass is 16.7. The predicted octanol–water partition coefficient (Wildman–Crippen LogP) is 6.65. The summed E-state index contributed by atoms with van der Waals surface area (Å²) in [6, 6.07) is 8.67. The first-order valence-corrected chi connectivity index (χ1v) is 12.6. The summed E-state index contributed by atoms with van der Waals surface area (Å²) in [5.74, 6) is 9.71. The Hall–Kier alpha value is -1.02. The molecule has 0 heterocycles. The van der Waals surface area contributed by atoms with Gasteiger partial charge in [-0.25, -0.2) is 0 Å². The van der Waals surface area contributed by atoms with Crippen molar-refractivity contribution >= 4 is 0 Å². The highest BCUT2D eigenvalue weighted by Gasteiger charge is 2.68. The van der Waals surface area contributed by atoms with Crippen LogP contribution in [0.15, 0.2) is 24.3 Å². The average Bonchev–Trinajstić information content (AvgIpc) is 3.50. The predicted molar refractivity (Wildman–Crippen MR) is 116 cm³/mol. The van der Waals surface area contributed by atoms with Crippen LogP contribution in [0.1, 0.15) is 77.2 Å². The molecule has 11 atom stereocenters. The molecule has 2 nitrogen and oxygen atoms in total. The van der Waals surface area contributed by atoms with E-state index >= 15 is 0 Å². The van der Waals surface area contributed by atoms with E-state index in [0.717, 1.165) is 53.1 Å². The van der Waals surface area contributed by atoms with Gasteiger partial charge in [-0.2, -0.15) is 0 Å². The molecule has 11 unspecified atom stereocenters. The number of hydrogen-bond acceptors (Lipinski definition) is 2. The lowest BCUT2D eigenvalue weighted by Gasteiger charge is -2.43. The molecule has 5 aliphatic rings. The van der Waals surface area contributed by atoms with E-state index in [4.69, 9.17) is 9.47 Å². The minimum atomic E-state index is -0.148. The summed E-state index contributed by atoms with van der Waals surface area (Å²) in [6.07, 6.45) is 10.4. The van der Waals surface area contributed by atoms with Crippen molar-refractivity contribution in [1.29, 1.82) is 0 Å². The van der Waals surface area contributed by atoms with Gasteiger partial charge in [0.1, 0.15) is 5.75 Å². The van der Waals surface area contributed by atoms with Gasteiger partial charge in [0.25, 0.3) is 0 Å². The van der Waals surface area contributed by atoms with Crippen molar-refractivity contribution in [1.82, 2.24) is 0 Å². The third-order valence-corrected chi connectivity index (χ3v) is 10.1. The summed E-state index contributed by atoms with van der Waals surface area (Å²) < 4.78 is 12.7. The van der Waals surface area contributed by atoms with Gasteiger partial charge >= 0.3 is 0 Å². The van der Waals surface area contributed by atoms with E-state index in [1.165, 1.54) is 37.7 Å². The Labute approximate surface area is 176 Å². The maximum absolute atomic E-state index is 6.55. The maximum atomic E-state index is 6.55. The normalized spacial score (nSPS) is 46.0. The van der Waals surface area contributed by atoms with Gasteiger partial charge in [0.05, 0.1) is 6.10 Å². The molecule has 6 rings (SSSR count). The lowest BCUT2D eigenvalue weighted by Crippen LogP contribution is -2.42. The third kappa shape index (κ3) is 2.84. The van der Waals surface area contributed by atoms with E-state index < -0.39 is 0 Å². The van der Waals surface area contributed by atoms with Crippen molar-refractivity contribution < 1.29 is 9.47 Å². The van der Waals surface area contributed by atoms with Crippen LogP contribution in [-0.4, -0.2) is 12.4 Å². The van der Waals surface area contributed by atoms with Gasteiger partial charge < -0.3 is 9.47 Å². The number of fused-ring (bicyclic) bond motifs is 12. The highest BCUT2D eigenvalue weighted by molar-refractivity contribution is 5.29. The fourth-order valence-corrected chi connectivity index (χ4v) is 8.99. The van der Waals surface area contributed by atoms with E-state index in [-0.39, 0.29) is 6.29 Å². The Kier molecular flexibility index (Phi) is 4.52. The van der Waals surface area contributed by atoms with Gasteiger partial charge in [0.15, 0.2) is 6.29 Å². The molecule has 0 saturated heterocycles. The molecule has 29 heavy (non-hydrogen) atoms. The molecule has 4 bridgehead atoms. The molecular weight excluding hydrogens is 356 g/mol. The Morgan fingerprint density at radius 2 is 1.59 bits per heavy atom. The van der Waals surface area contributed by atoms with Crippen LogP contribution in [0.2, 0.25) is 0 Å². The minimum absolute atomic E-state index is 0.148. The van der Waals surface area contributed by atoms with Gasteiger partial charge in [-0.3, -0.25) is 0 Å². The number of benzene rings is 1. The lowest BCUT2D eigenvalue weighted by molar-refractivity contribution is -0.140. The Balaban J connectivity index is 1.09. The molecule has 0 N–H and O–H groups in total. The van der Waals surface area contributed by atoms with Crippen molar-refractivity contribution in [2.24, 2.45) is 47.3 Å². The van der Waals surface area contributed by atoms with Gasteiger partial charge in [-0.05, 0) is 116 Å². The van der Waals surface area contributed by atoms with Gasteiger partial charge in [0.2, 0.25) is 0 Å². The maximum Gasteiger partial charge on any atom is 0.197 e. The standard InChI is InChI=1S/C27H38O2/c1-4-15(2)17-8-10-19(11-9-17)28-16(3)29-25-13-18-12-24(25)27-23-14-22(26(18)27)20-6-5-7-21(20)23/h8-11,15-16,18,20-27H,4-7,12-14H2,1-3H3. The van der Waals surface area contributed by atoms with Gasteiger partial charge in [0, 0.05) is 0 Å². The van der Waals surface area contributed by atoms with Crippen molar-refractivity contribution in [2.45, 2.75) is 84.0 Å². The smallest absolute Gasteiger partial charge is 0.197 e. The Morgan fingerprint density at radius 3 is 2.31 bits per heavy atom. The lowest BCUT2D eigenvalue weighted by atomic mass is 9.64. The quantitative estimate of drug-likeness (QED) is 0.397. The van der Waals surface area contributed by atoms with E-state index in [1.54, 1.807) is 12.8 Å². The zero-order valence-corrected chi connectivity index (χ0v) is 18.4. The summed E-state index contributed by atoms with van der Waals surface area (Å²) >= 11 is 0. The summed E-state index contributed by atoms with van der Waals surface area (Å²) in [5.41, 5.74) is 1.40. The van der Waals surface area contributed by atoms with Crippen molar-refractivity contribution in [2.75, 3.05) is 0 Å². The number of ether oxygens (including phenoxy) is 2. The molecule has 0 aromatic heterocycles. The number of rotatable bonds is 6. The van der Waals surface area contributed by atoms with Crippen LogP contribution < -0.4 is 4.74 Å². The van der Waals surface area contributed by atoms with Gasteiger partial charge in [-0.1, -0.05) is 32.4 Å². The van der Waals surface area contributed by atoms with Crippen LogP contribution in [0, 0.1) is 47.3 Å². The topological polar surface area (TPSA) is 18.5 Å². The van der Waals surface area contributed by atoms with E-state index in [0.29, 0.717) is 12.0 Å². The van der Waals surface area contributed by atoms with Crippen LogP contribution >= 0.6 is 0 Å². The van der Waals surface area contributed by atoms with Gasteiger partial charge in [-0.15, -0.1) is 0 Å². The highest BCUT2D eigenvalue weighted by Crippen LogP contribution is 2.73. The first-order valence-electron chi connectivity index (χ1n) is 12.6. The molecule has 0 aliphatic heterocycles. The number of hydrogen-bond donors (Lipinski definition) is 0. The Bertz CT molecular complexity index is 741. The van der Waals surface area contributed by atoms with E-state index in [2.05, 4.69) is 45.0 Å². The zero-order valence-electron chi connectivity index (χ0n) is 18.4. The molecule has 0 radical (unpaired) electrons. The van der Waals surface area contributed by atoms with Crippen molar-refractivity contribution in [3.63, 3.8) is 0 Å². The second-order valence-electron chi connectivity index (χ2n) is 11.1. The molecular formula is C27H38O2. The largest absolute Gasteiger partial charge is 0.465 e. The monoisotopic (exact) mass is 394 g/mol. The molecule has 2 heteroatoms. The average molecular weight is 395 g/mol. The SMILES string of the molecule is CCC(C)c1ccc(OC(C)OC2CC3CC2C2C4CC(C5CCCC54)C32)cc1. The molecule has 0 spiro atoms. The van der Waals surface area contributed by atoms with Crippen molar-refractivity contribution in [3.8, 4) is 5.75 Å². The molecule has 1 aromatic carbocycles. The third-order valence-electron chi connectivity index (χ3n) is 10.1. The summed E-state index contributed by atoms with van der Waals surface area (Å²) in [4.78, 5) is 0. The zero-order chi connectivity index (χ0) is 19.7. The second-order valence-corrected chi connectivity index (χ2v) is 11.1. The summed E-state index contributed by atoms with van der Waals surface area (Å²) in [7, 11) is 0. The molecule has 5 saturated carbocycles. The van der Waals surface area contributed by atoms with Crippen molar-refractivity contribution in [3.05, 3.63) is 29.8 Å². The fourth-order valence-electron chi connectivity index (χ4n) is 8.99. The summed E-state index contributed by atoms with van der Waals surface area (Å²) in [6.45, 7) is 6.63. The molecule has 5 fully saturated rings. The fraction of sp³-hybridized carbons (Fsp3) is 0.778. The van der Waals surface area contributed by atoms with Crippen LogP contribution in [0.25, 0.3) is 0 Å². The van der Waals surface area contributed by atoms with Crippen LogP contribution in [0.4, 0.5) is 0 Å². The first kappa shape index (κ1) is 18.7. The minimum Gasteiger partial charge on any atom is -0.465 e. The first-order chi connectivity index (χ1) is 14.1. The molecule has 158 valence electrons. The molecule has 0 amide bonds. The summed E-state index contributed by atoms with van der Waals surface area (Å²) in [5, 5.41) is 0. The Morgan fingerprint density at radius 1 is 0.862 bits per heavy atom. The van der Waals surface area contributed by atoms with Crippen LogP contribution in [-0.2, 0) is 4.74 Å².